The lowest BCUT2D eigenvalue weighted by atomic mass is 9.92. The first-order valence-corrected chi connectivity index (χ1v) is 6.95. The van der Waals surface area contributed by atoms with Gasteiger partial charge >= 0.3 is 0 Å². The van der Waals surface area contributed by atoms with Crippen molar-refractivity contribution in [1.29, 1.82) is 0 Å². The molecule has 0 aliphatic carbocycles. The number of nitrogens with zero attached hydrogens (tertiary/aromatic N) is 2. The SMILES string of the molecule is CC(C)c1cccc(C(C)C)c1[N+]1=CN(C)CC1. The van der Waals surface area contributed by atoms with Gasteiger partial charge in [0.2, 0.25) is 6.34 Å². The lowest BCUT2D eigenvalue weighted by molar-refractivity contribution is -0.425. The molecule has 1 heterocycles. The van der Waals surface area contributed by atoms with Crippen molar-refractivity contribution >= 4 is 12.0 Å². The van der Waals surface area contributed by atoms with E-state index in [1.54, 1.807) is 0 Å². The summed E-state index contributed by atoms with van der Waals surface area (Å²) in [5.41, 5.74) is 4.37. The summed E-state index contributed by atoms with van der Waals surface area (Å²) in [7, 11) is 2.15. The van der Waals surface area contributed by atoms with Crippen molar-refractivity contribution in [3.8, 4) is 0 Å². The second-order valence-electron chi connectivity index (χ2n) is 5.88. The van der Waals surface area contributed by atoms with Crippen LogP contribution in [0.25, 0.3) is 0 Å². The molecule has 0 fully saturated rings. The van der Waals surface area contributed by atoms with Gasteiger partial charge in [0.25, 0.3) is 0 Å². The number of benzene rings is 1. The van der Waals surface area contributed by atoms with Crippen LogP contribution in [0.15, 0.2) is 18.2 Å². The average molecular weight is 245 g/mol. The Hall–Kier alpha value is -1.31. The molecule has 1 aromatic rings. The minimum Gasteiger partial charge on any atom is -0.267 e. The summed E-state index contributed by atoms with van der Waals surface area (Å²) in [4.78, 5) is 2.27. The van der Waals surface area contributed by atoms with Crippen molar-refractivity contribution < 1.29 is 4.58 Å². The molecule has 0 N–H and O–H groups in total. The Morgan fingerprint density at radius 3 is 2.00 bits per heavy atom. The maximum atomic E-state index is 2.42. The fraction of sp³-hybridized carbons (Fsp3) is 0.562. The van der Waals surface area contributed by atoms with Crippen LogP contribution in [0.1, 0.15) is 50.7 Å². The molecule has 18 heavy (non-hydrogen) atoms. The molecule has 1 aliphatic heterocycles. The van der Waals surface area contributed by atoms with E-state index in [0.717, 1.165) is 13.1 Å². The van der Waals surface area contributed by atoms with E-state index in [9.17, 15) is 0 Å². The minimum absolute atomic E-state index is 0.568. The summed E-state index contributed by atoms with van der Waals surface area (Å²) in [6.07, 6.45) is 2.24. The Bertz CT molecular complexity index is 432. The average Bonchev–Trinajstić information content (AvgIpc) is 2.74. The fourth-order valence-corrected chi connectivity index (χ4v) is 2.63. The van der Waals surface area contributed by atoms with Gasteiger partial charge in [-0.05, 0) is 11.8 Å². The number of rotatable bonds is 3. The molecule has 0 amide bonds. The third-order valence-electron chi connectivity index (χ3n) is 3.66. The Morgan fingerprint density at radius 2 is 1.61 bits per heavy atom. The molecule has 1 aromatic carbocycles. The van der Waals surface area contributed by atoms with Crippen molar-refractivity contribution in [2.45, 2.75) is 39.5 Å². The lowest BCUT2D eigenvalue weighted by Gasteiger charge is -2.17. The summed E-state index contributed by atoms with van der Waals surface area (Å²) in [6, 6.07) is 6.75. The molecular weight excluding hydrogens is 220 g/mol. The highest BCUT2D eigenvalue weighted by Crippen LogP contribution is 2.34. The molecule has 0 unspecified atom stereocenters. The first-order valence-electron chi connectivity index (χ1n) is 6.95. The first-order chi connectivity index (χ1) is 8.50. The van der Waals surface area contributed by atoms with Gasteiger partial charge in [-0.3, -0.25) is 4.90 Å². The Balaban J connectivity index is 2.57. The fourth-order valence-electron chi connectivity index (χ4n) is 2.63. The van der Waals surface area contributed by atoms with Gasteiger partial charge in [-0.1, -0.05) is 45.9 Å². The number of hydrogen-bond acceptors (Lipinski definition) is 1. The van der Waals surface area contributed by atoms with E-state index < -0.39 is 0 Å². The molecule has 0 atom stereocenters. The van der Waals surface area contributed by atoms with Crippen LogP contribution in [0.2, 0.25) is 0 Å². The molecular formula is C16H25N2+. The van der Waals surface area contributed by atoms with Crippen LogP contribution < -0.4 is 0 Å². The predicted molar refractivity (Wildman–Crippen MR) is 78.1 cm³/mol. The minimum atomic E-state index is 0.568. The second kappa shape index (κ2) is 5.13. The summed E-state index contributed by atoms with van der Waals surface area (Å²) in [6.45, 7) is 11.3. The van der Waals surface area contributed by atoms with Crippen LogP contribution in [0.5, 0.6) is 0 Å². The molecule has 98 valence electrons. The topological polar surface area (TPSA) is 6.25 Å². The molecule has 2 heteroatoms. The third kappa shape index (κ3) is 2.43. The van der Waals surface area contributed by atoms with Gasteiger partial charge in [0.05, 0.1) is 7.05 Å². The van der Waals surface area contributed by atoms with E-state index in [0.29, 0.717) is 11.8 Å². The van der Waals surface area contributed by atoms with Crippen molar-refractivity contribution in [2.24, 2.45) is 0 Å². The maximum Gasteiger partial charge on any atom is 0.239 e. The summed E-state index contributed by atoms with van der Waals surface area (Å²) in [5, 5.41) is 0. The highest BCUT2D eigenvalue weighted by molar-refractivity contribution is 5.58. The van der Waals surface area contributed by atoms with Crippen LogP contribution in [-0.2, 0) is 0 Å². The summed E-state index contributed by atoms with van der Waals surface area (Å²) in [5.74, 6) is 1.14. The smallest absolute Gasteiger partial charge is 0.239 e. The Labute approximate surface area is 111 Å². The van der Waals surface area contributed by atoms with Crippen LogP contribution in [-0.4, -0.2) is 36.0 Å². The number of hydrogen-bond donors (Lipinski definition) is 0. The van der Waals surface area contributed by atoms with Gasteiger partial charge in [-0.25, -0.2) is 4.58 Å². The van der Waals surface area contributed by atoms with Crippen molar-refractivity contribution in [2.75, 3.05) is 20.1 Å². The van der Waals surface area contributed by atoms with Gasteiger partial charge < -0.3 is 0 Å². The first kappa shape index (κ1) is 13.1. The zero-order chi connectivity index (χ0) is 13.3. The van der Waals surface area contributed by atoms with Crippen molar-refractivity contribution in [3.63, 3.8) is 0 Å². The van der Waals surface area contributed by atoms with Gasteiger partial charge in [0.1, 0.15) is 18.8 Å². The largest absolute Gasteiger partial charge is 0.267 e. The van der Waals surface area contributed by atoms with E-state index in [-0.39, 0.29) is 0 Å². The van der Waals surface area contributed by atoms with E-state index in [1.807, 2.05) is 0 Å². The van der Waals surface area contributed by atoms with E-state index >= 15 is 0 Å². The zero-order valence-electron chi connectivity index (χ0n) is 12.3. The van der Waals surface area contributed by atoms with Gasteiger partial charge in [0.15, 0.2) is 0 Å². The molecule has 0 bridgehead atoms. The molecule has 0 saturated carbocycles. The van der Waals surface area contributed by atoms with Crippen molar-refractivity contribution in [1.82, 2.24) is 4.90 Å². The molecule has 1 aliphatic rings. The highest BCUT2D eigenvalue weighted by atomic mass is 15.3. The van der Waals surface area contributed by atoms with E-state index in [2.05, 4.69) is 68.8 Å². The van der Waals surface area contributed by atoms with Crippen molar-refractivity contribution in [3.05, 3.63) is 29.3 Å². The third-order valence-corrected chi connectivity index (χ3v) is 3.66. The monoisotopic (exact) mass is 245 g/mol. The Kier molecular flexibility index (Phi) is 3.74. The lowest BCUT2D eigenvalue weighted by Crippen LogP contribution is -2.11. The van der Waals surface area contributed by atoms with Crippen LogP contribution in [0.3, 0.4) is 0 Å². The summed E-state index contributed by atoms with van der Waals surface area (Å²) < 4.78 is 2.42. The maximum absolute atomic E-state index is 2.42. The molecule has 0 aromatic heterocycles. The van der Waals surface area contributed by atoms with Gasteiger partial charge in [-0.2, -0.15) is 0 Å². The predicted octanol–water partition coefficient (Wildman–Crippen LogP) is 3.55. The quantitative estimate of drug-likeness (QED) is 0.738. The van der Waals surface area contributed by atoms with E-state index in [4.69, 9.17) is 0 Å². The summed E-state index contributed by atoms with van der Waals surface area (Å²) >= 11 is 0. The normalized spacial score (nSPS) is 15.7. The number of para-hydroxylation sites is 1. The molecule has 2 nitrogen and oxygen atoms in total. The zero-order valence-corrected chi connectivity index (χ0v) is 12.3. The molecule has 0 saturated heterocycles. The van der Waals surface area contributed by atoms with Crippen LogP contribution in [0, 0.1) is 0 Å². The second-order valence-corrected chi connectivity index (χ2v) is 5.88. The van der Waals surface area contributed by atoms with Crippen LogP contribution >= 0.6 is 0 Å². The number of likely N-dealkylation sites (N-methyl/N-ethyl adjacent to an activating group) is 1. The highest BCUT2D eigenvalue weighted by Gasteiger charge is 2.24. The van der Waals surface area contributed by atoms with Crippen LogP contribution in [0.4, 0.5) is 5.69 Å². The Morgan fingerprint density at radius 1 is 1.06 bits per heavy atom. The standard InChI is InChI=1S/C16H25N2/c1-12(2)14-7-6-8-15(13(3)4)16(14)18-10-9-17(5)11-18/h6-8,11-13H,9-10H2,1-5H3/q+1. The molecule has 2 rings (SSSR count). The van der Waals surface area contributed by atoms with Gasteiger partial charge in [0, 0.05) is 11.1 Å². The molecule has 0 radical (unpaired) electrons. The van der Waals surface area contributed by atoms with Gasteiger partial charge in [-0.15, -0.1) is 0 Å². The molecule has 0 spiro atoms. The van der Waals surface area contributed by atoms with E-state index in [1.165, 1.54) is 16.8 Å².